The second kappa shape index (κ2) is 9.62. The summed E-state index contributed by atoms with van der Waals surface area (Å²) in [6.45, 7) is 4.60. The van der Waals surface area contributed by atoms with Crippen molar-refractivity contribution in [2.75, 3.05) is 44.6 Å². The van der Waals surface area contributed by atoms with Crippen LogP contribution in [-0.2, 0) is 9.59 Å². The normalized spacial score (nSPS) is 14.7. The maximum absolute atomic E-state index is 11.8. The summed E-state index contributed by atoms with van der Waals surface area (Å²) in [7, 11) is 0. The molecule has 22 heavy (non-hydrogen) atoms. The lowest BCUT2D eigenvalue weighted by Crippen LogP contribution is -2.51. The SMILES string of the molecule is Cc1cc(NC(=O)CN2CCN(C(=O)CN)CC2)no1.Cl.Cl. The van der Waals surface area contributed by atoms with Crippen LogP contribution in [-0.4, -0.2) is 66.0 Å². The van der Waals surface area contributed by atoms with Crippen LogP contribution in [0, 0.1) is 6.92 Å². The Balaban J connectivity index is 0.00000220. The fourth-order valence-electron chi connectivity index (χ4n) is 2.10. The molecule has 10 heteroatoms. The van der Waals surface area contributed by atoms with Crippen molar-refractivity contribution < 1.29 is 14.1 Å². The van der Waals surface area contributed by atoms with Crippen LogP contribution in [0.5, 0.6) is 0 Å². The van der Waals surface area contributed by atoms with Gasteiger partial charge in [-0.25, -0.2) is 0 Å². The number of anilines is 1. The van der Waals surface area contributed by atoms with Gasteiger partial charge in [-0.2, -0.15) is 0 Å². The molecule has 2 heterocycles. The highest BCUT2D eigenvalue weighted by Crippen LogP contribution is 2.07. The van der Waals surface area contributed by atoms with Crippen LogP contribution in [0.3, 0.4) is 0 Å². The standard InChI is InChI=1S/C12H19N5O3.2ClH/c1-9-6-10(15-20-9)14-11(18)8-16-2-4-17(5-3-16)12(19)7-13;;/h6H,2-5,7-8,13H2,1H3,(H,14,15,18);2*1H. The highest BCUT2D eigenvalue weighted by molar-refractivity contribution is 5.91. The number of aryl methyl sites for hydroxylation is 1. The molecule has 1 aromatic rings. The van der Waals surface area contributed by atoms with E-state index in [0.29, 0.717) is 37.8 Å². The minimum Gasteiger partial charge on any atom is -0.360 e. The average molecular weight is 354 g/mol. The minimum absolute atomic E-state index is 0. The average Bonchev–Trinajstić information content (AvgIpc) is 2.84. The molecule has 126 valence electrons. The summed E-state index contributed by atoms with van der Waals surface area (Å²) in [6, 6.07) is 1.66. The molecule has 0 radical (unpaired) electrons. The number of nitrogens with one attached hydrogen (secondary N) is 1. The second-order valence-electron chi connectivity index (χ2n) is 4.73. The van der Waals surface area contributed by atoms with Gasteiger partial charge >= 0.3 is 0 Å². The summed E-state index contributed by atoms with van der Waals surface area (Å²) in [5, 5.41) is 6.37. The highest BCUT2D eigenvalue weighted by atomic mass is 35.5. The molecule has 0 aliphatic carbocycles. The van der Waals surface area contributed by atoms with Gasteiger partial charge in [-0.15, -0.1) is 24.8 Å². The third-order valence-corrected chi connectivity index (χ3v) is 3.16. The molecule has 0 aromatic carbocycles. The van der Waals surface area contributed by atoms with Crippen molar-refractivity contribution >= 4 is 42.4 Å². The van der Waals surface area contributed by atoms with Gasteiger partial charge in [-0.3, -0.25) is 14.5 Å². The van der Waals surface area contributed by atoms with Crippen molar-refractivity contribution in [3.8, 4) is 0 Å². The molecule has 1 aliphatic rings. The van der Waals surface area contributed by atoms with Gasteiger partial charge in [-0.05, 0) is 6.92 Å². The number of halogens is 2. The van der Waals surface area contributed by atoms with Gasteiger partial charge in [0.25, 0.3) is 0 Å². The zero-order valence-corrected chi connectivity index (χ0v) is 13.9. The Morgan fingerprint density at radius 2 is 1.95 bits per heavy atom. The number of carbonyl (C=O) groups excluding carboxylic acids is 2. The number of hydrogen-bond donors (Lipinski definition) is 2. The van der Waals surface area contributed by atoms with E-state index in [1.54, 1.807) is 17.9 Å². The maximum Gasteiger partial charge on any atom is 0.239 e. The second-order valence-corrected chi connectivity index (χ2v) is 4.73. The van der Waals surface area contributed by atoms with Gasteiger partial charge in [-0.1, -0.05) is 5.16 Å². The molecule has 0 spiro atoms. The quantitative estimate of drug-likeness (QED) is 0.780. The first-order valence-corrected chi connectivity index (χ1v) is 6.52. The van der Waals surface area contributed by atoms with Crippen molar-refractivity contribution in [2.24, 2.45) is 5.73 Å². The van der Waals surface area contributed by atoms with Gasteiger partial charge < -0.3 is 20.5 Å². The van der Waals surface area contributed by atoms with Gasteiger partial charge in [0.1, 0.15) is 5.76 Å². The third-order valence-electron chi connectivity index (χ3n) is 3.16. The van der Waals surface area contributed by atoms with Gasteiger partial charge in [0.2, 0.25) is 11.8 Å². The van der Waals surface area contributed by atoms with Crippen molar-refractivity contribution in [2.45, 2.75) is 6.92 Å². The molecule has 0 bridgehead atoms. The molecule has 0 saturated carbocycles. The molecular weight excluding hydrogens is 333 g/mol. The van der Waals surface area contributed by atoms with E-state index in [4.69, 9.17) is 10.3 Å². The fourth-order valence-corrected chi connectivity index (χ4v) is 2.10. The van der Waals surface area contributed by atoms with Crippen LogP contribution in [0.25, 0.3) is 0 Å². The zero-order valence-electron chi connectivity index (χ0n) is 12.3. The van der Waals surface area contributed by atoms with Crippen molar-refractivity contribution in [3.05, 3.63) is 11.8 Å². The predicted octanol–water partition coefficient (Wildman–Crippen LogP) is -0.132. The lowest BCUT2D eigenvalue weighted by molar-refractivity contribution is -0.131. The Morgan fingerprint density at radius 3 is 2.45 bits per heavy atom. The van der Waals surface area contributed by atoms with Crippen LogP contribution in [0.15, 0.2) is 10.6 Å². The number of amides is 2. The molecule has 1 fully saturated rings. The van der Waals surface area contributed by atoms with E-state index in [1.807, 2.05) is 4.90 Å². The number of rotatable bonds is 4. The third kappa shape index (κ3) is 5.80. The monoisotopic (exact) mass is 353 g/mol. The first-order valence-electron chi connectivity index (χ1n) is 6.52. The molecule has 3 N–H and O–H groups in total. The summed E-state index contributed by atoms with van der Waals surface area (Å²) in [5.74, 6) is 0.878. The number of nitrogens with two attached hydrogens (primary N) is 1. The van der Waals surface area contributed by atoms with Crippen molar-refractivity contribution in [1.29, 1.82) is 0 Å². The predicted molar refractivity (Wildman–Crippen MR) is 86.4 cm³/mol. The summed E-state index contributed by atoms with van der Waals surface area (Å²) in [5.41, 5.74) is 5.32. The van der Waals surface area contributed by atoms with Crippen LogP contribution in [0.1, 0.15) is 5.76 Å². The largest absolute Gasteiger partial charge is 0.360 e. The summed E-state index contributed by atoms with van der Waals surface area (Å²) in [4.78, 5) is 27.0. The Hall–Kier alpha value is -1.35. The number of nitrogens with zero attached hydrogens (tertiary/aromatic N) is 3. The number of piperazine rings is 1. The van der Waals surface area contributed by atoms with E-state index in [2.05, 4.69) is 10.5 Å². The molecule has 1 saturated heterocycles. The molecule has 8 nitrogen and oxygen atoms in total. The Bertz CT molecular complexity index is 489. The fraction of sp³-hybridized carbons (Fsp3) is 0.583. The molecule has 2 rings (SSSR count). The van der Waals surface area contributed by atoms with Gasteiger partial charge in [0.15, 0.2) is 5.82 Å². The number of carbonyl (C=O) groups is 2. The van der Waals surface area contributed by atoms with E-state index in [9.17, 15) is 9.59 Å². The van der Waals surface area contributed by atoms with Crippen LogP contribution in [0.4, 0.5) is 5.82 Å². The first kappa shape index (κ1) is 20.6. The molecule has 1 aromatic heterocycles. The molecule has 2 amide bonds. The first-order chi connectivity index (χ1) is 9.58. The Morgan fingerprint density at radius 1 is 1.32 bits per heavy atom. The van der Waals surface area contributed by atoms with E-state index < -0.39 is 0 Å². The molecule has 0 atom stereocenters. The smallest absolute Gasteiger partial charge is 0.239 e. The van der Waals surface area contributed by atoms with Crippen molar-refractivity contribution in [1.82, 2.24) is 15.0 Å². The van der Waals surface area contributed by atoms with Crippen molar-refractivity contribution in [3.63, 3.8) is 0 Å². The number of hydrogen-bond acceptors (Lipinski definition) is 6. The topological polar surface area (TPSA) is 105 Å². The lowest BCUT2D eigenvalue weighted by atomic mass is 10.3. The van der Waals surface area contributed by atoms with E-state index in [0.717, 1.165) is 0 Å². The molecular formula is C12H21Cl2N5O3. The van der Waals surface area contributed by atoms with E-state index in [-0.39, 0.29) is 49.7 Å². The summed E-state index contributed by atoms with van der Waals surface area (Å²) >= 11 is 0. The highest BCUT2D eigenvalue weighted by Gasteiger charge is 2.21. The Labute approximate surface area is 141 Å². The zero-order chi connectivity index (χ0) is 14.5. The Kier molecular flexibility index (Phi) is 9.03. The van der Waals surface area contributed by atoms with Crippen LogP contribution in [0.2, 0.25) is 0 Å². The van der Waals surface area contributed by atoms with Crippen LogP contribution >= 0.6 is 24.8 Å². The lowest BCUT2D eigenvalue weighted by Gasteiger charge is -2.34. The minimum atomic E-state index is -0.142. The van der Waals surface area contributed by atoms with Gasteiger partial charge in [0, 0.05) is 32.2 Å². The summed E-state index contributed by atoms with van der Waals surface area (Å²) in [6.07, 6.45) is 0. The number of aromatic nitrogens is 1. The van der Waals surface area contributed by atoms with E-state index >= 15 is 0 Å². The molecule has 0 unspecified atom stereocenters. The van der Waals surface area contributed by atoms with E-state index in [1.165, 1.54) is 0 Å². The van der Waals surface area contributed by atoms with Crippen LogP contribution < -0.4 is 11.1 Å². The van der Waals surface area contributed by atoms with Gasteiger partial charge in [0.05, 0.1) is 13.1 Å². The molecule has 1 aliphatic heterocycles. The summed E-state index contributed by atoms with van der Waals surface area (Å²) < 4.78 is 4.87. The maximum atomic E-state index is 11.8.